The van der Waals surface area contributed by atoms with Crippen LogP contribution in [-0.4, -0.2) is 52.2 Å². The highest BCUT2D eigenvalue weighted by Gasteiger charge is 2.42. The summed E-state index contributed by atoms with van der Waals surface area (Å²) in [5, 5.41) is 1.05. The number of nitrogens with zero attached hydrogens (tertiary/aromatic N) is 2. The van der Waals surface area contributed by atoms with Crippen LogP contribution in [0.3, 0.4) is 0 Å². The quantitative estimate of drug-likeness (QED) is 0.210. The Labute approximate surface area is 254 Å². The molecule has 2 amide bonds. The maximum atomic E-state index is 14.8. The molecule has 1 aliphatic rings. The molecule has 6 aromatic rings. The number of aromatic nitrogens is 2. The zero-order valence-corrected chi connectivity index (χ0v) is 25.0. The Balaban J connectivity index is 1.59. The molecule has 2 aromatic heterocycles. The van der Waals surface area contributed by atoms with E-state index in [1.807, 2.05) is 0 Å². The van der Waals surface area contributed by atoms with E-state index in [1.54, 1.807) is 39.0 Å². The Bertz CT molecular complexity index is 2280. The van der Waals surface area contributed by atoms with Gasteiger partial charge in [-0.3, -0.25) is 14.5 Å². The molecule has 0 radical (unpaired) electrons. The number of nitrogens with one attached hydrogen (secondary N) is 1. The number of imide groups is 1. The molecule has 0 spiro atoms. The van der Waals surface area contributed by atoms with Crippen molar-refractivity contribution < 1.29 is 37.4 Å². The number of ether oxygens (including phenoxy) is 3. The van der Waals surface area contributed by atoms with Crippen LogP contribution < -0.4 is 9.47 Å². The molecule has 3 heterocycles. The molecule has 1 N–H and O–H groups in total. The van der Waals surface area contributed by atoms with Crippen molar-refractivity contribution in [2.45, 2.75) is 32.9 Å². The number of hydrogen-bond donors (Lipinski definition) is 1. The third-order valence-corrected chi connectivity index (χ3v) is 7.99. The van der Waals surface area contributed by atoms with E-state index >= 15 is 0 Å². The Morgan fingerprint density at radius 3 is 2.18 bits per heavy atom. The van der Waals surface area contributed by atoms with E-state index in [9.17, 15) is 23.2 Å². The second-order valence-corrected chi connectivity index (χ2v) is 11.9. The van der Waals surface area contributed by atoms with Crippen LogP contribution in [0.15, 0.2) is 54.6 Å². The number of carbonyl (C=O) groups is 3. The first-order valence-electron chi connectivity index (χ1n) is 14.1. The van der Waals surface area contributed by atoms with Crippen molar-refractivity contribution in [3.8, 4) is 11.5 Å². The van der Waals surface area contributed by atoms with Crippen molar-refractivity contribution in [1.82, 2.24) is 14.5 Å². The summed E-state index contributed by atoms with van der Waals surface area (Å²) in [6.07, 6.45) is -0.767. The molecule has 4 aromatic carbocycles. The Hall–Kier alpha value is -5.45. The van der Waals surface area contributed by atoms with Crippen LogP contribution >= 0.6 is 0 Å². The number of H-pyrrole nitrogens is 1. The molecule has 0 saturated carbocycles. The fourth-order valence-corrected chi connectivity index (χ4v) is 6.19. The number of hydrogen-bond acceptors (Lipinski definition) is 6. The van der Waals surface area contributed by atoms with Crippen molar-refractivity contribution in [3.63, 3.8) is 0 Å². The maximum Gasteiger partial charge on any atom is 0.419 e. The van der Waals surface area contributed by atoms with Crippen LogP contribution in [0.25, 0.3) is 43.6 Å². The summed E-state index contributed by atoms with van der Waals surface area (Å²) in [5.41, 5.74) is 0.917. The number of amides is 2. The lowest BCUT2D eigenvalue weighted by atomic mass is 9.96. The van der Waals surface area contributed by atoms with Crippen LogP contribution in [0.2, 0.25) is 0 Å². The first kappa shape index (κ1) is 28.3. The number of aromatic amines is 1. The van der Waals surface area contributed by atoms with E-state index in [0.717, 1.165) is 4.90 Å². The Morgan fingerprint density at radius 2 is 1.51 bits per heavy atom. The molecule has 0 bridgehead atoms. The zero-order valence-electron chi connectivity index (χ0n) is 25.0. The highest BCUT2D eigenvalue weighted by molar-refractivity contribution is 6.39. The minimum atomic E-state index is -0.889. The van der Waals surface area contributed by atoms with Crippen molar-refractivity contribution in [2.24, 2.45) is 0 Å². The van der Waals surface area contributed by atoms with Crippen molar-refractivity contribution in [3.05, 3.63) is 82.9 Å². The lowest BCUT2D eigenvalue weighted by Crippen LogP contribution is -2.29. The molecule has 0 saturated heterocycles. The average Bonchev–Trinajstić information content (AvgIpc) is 3.60. The molecule has 45 heavy (non-hydrogen) atoms. The van der Waals surface area contributed by atoms with Gasteiger partial charge < -0.3 is 19.2 Å². The summed E-state index contributed by atoms with van der Waals surface area (Å²) < 4.78 is 47.3. The van der Waals surface area contributed by atoms with E-state index in [4.69, 9.17) is 14.2 Å². The second kappa shape index (κ2) is 9.78. The van der Waals surface area contributed by atoms with E-state index in [2.05, 4.69) is 4.98 Å². The molecule has 0 atom stereocenters. The number of benzene rings is 4. The van der Waals surface area contributed by atoms with Crippen molar-refractivity contribution in [1.29, 1.82) is 0 Å². The van der Waals surface area contributed by atoms with Crippen molar-refractivity contribution in [2.75, 3.05) is 14.2 Å². The minimum absolute atomic E-state index is 0.0157. The molecule has 228 valence electrons. The van der Waals surface area contributed by atoms with Crippen LogP contribution in [0.4, 0.5) is 13.6 Å². The molecule has 7 rings (SSSR count). The van der Waals surface area contributed by atoms with Crippen LogP contribution in [-0.2, 0) is 11.3 Å². The van der Waals surface area contributed by atoms with Gasteiger partial charge in [-0.25, -0.2) is 18.1 Å². The van der Waals surface area contributed by atoms with Gasteiger partial charge in [0.05, 0.1) is 48.4 Å². The van der Waals surface area contributed by atoms with Gasteiger partial charge in [0.15, 0.2) is 0 Å². The fourth-order valence-electron chi connectivity index (χ4n) is 6.19. The summed E-state index contributed by atoms with van der Waals surface area (Å²) in [6.45, 7) is 4.99. The molecule has 11 heteroatoms. The van der Waals surface area contributed by atoms with E-state index in [0.29, 0.717) is 33.5 Å². The number of halogens is 2. The number of fused-ring (bicyclic) bond motifs is 10. The Kier molecular flexibility index (Phi) is 6.16. The largest absolute Gasteiger partial charge is 0.497 e. The van der Waals surface area contributed by atoms with Gasteiger partial charge in [0.1, 0.15) is 28.7 Å². The average molecular weight is 612 g/mol. The van der Waals surface area contributed by atoms with Gasteiger partial charge in [0, 0.05) is 38.7 Å². The fraction of sp³-hybridized carbons (Fsp3) is 0.206. The predicted octanol–water partition coefficient (Wildman–Crippen LogP) is 7.30. The first-order chi connectivity index (χ1) is 21.4. The smallest absolute Gasteiger partial charge is 0.419 e. The monoisotopic (exact) mass is 611 g/mol. The predicted molar refractivity (Wildman–Crippen MR) is 164 cm³/mol. The highest BCUT2D eigenvalue weighted by Crippen LogP contribution is 2.46. The maximum absolute atomic E-state index is 14.8. The highest BCUT2D eigenvalue weighted by atomic mass is 19.1. The number of rotatable bonds is 4. The van der Waals surface area contributed by atoms with Crippen LogP contribution in [0, 0.1) is 11.6 Å². The standard InChI is InChI=1S/C34H27F2N3O6/c1-34(2,3)45-33(42)39-23-11-8-18(36)13-21(23)26-28-27(25-20-12-17(35)7-10-22(20)37-29(25)30(26)39)31(40)38(32(28)41)15-16-6-9-19(43-4)14-24(16)44-5/h6-14,37H,15H2,1-5H3. The van der Waals surface area contributed by atoms with Gasteiger partial charge in [0.2, 0.25) is 0 Å². The third-order valence-electron chi connectivity index (χ3n) is 7.99. The van der Waals surface area contributed by atoms with Gasteiger partial charge in [-0.2, -0.15) is 0 Å². The van der Waals surface area contributed by atoms with Crippen molar-refractivity contribution >= 4 is 61.5 Å². The molecular weight excluding hydrogens is 584 g/mol. The third kappa shape index (κ3) is 4.21. The molecular formula is C34H27F2N3O6. The SMILES string of the molecule is COc1ccc(CN2C(=O)c3c(c4c5cc(F)ccc5n(C(=O)OC(C)(C)C)c4c4[nH]c5ccc(F)cc5c34)C2=O)c(OC)c1. The van der Waals surface area contributed by atoms with Crippen LogP contribution in [0.5, 0.6) is 11.5 Å². The Morgan fingerprint density at radius 1 is 0.844 bits per heavy atom. The van der Waals surface area contributed by atoms with Gasteiger partial charge in [0.25, 0.3) is 11.8 Å². The van der Waals surface area contributed by atoms with Crippen LogP contribution in [0.1, 0.15) is 47.1 Å². The van der Waals surface area contributed by atoms with Gasteiger partial charge in [-0.1, -0.05) is 0 Å². The summed E-state index contributed by atoms with van der Waals surface area (Å²) in [4.78, 5) is 46.8. The molecule has 9 nitrogen and oxygen atoms in total. The summed E-state index contributed by atoms with van der Waals surface area (Å²) >= 11 is 0. The molecule has 0 fully saturated rings. The zero-order chi connectivity index (χ0) is 31.9. The topological polar surface area (TPSA) is 103 Å². The normalized spacial score (nSPS) is 13.4. The van der Waals surface area contributed by atoms with Gasteiger partial charge >= 0.3 is 6.09 Å². The molecule has 0 unspecified atom stereocenters. The second-order valence-electron chi connectivity index (χ2n) is 11.9. The first-order valence-corrected chi connectivity index (χ1v) is 14.1. The van der Waals surface area contributed by atoms with E-state index in [-0.39, 0.29) is 44.9 Å². The summed E-state index contributed by atoms with van der Waals surface area (Å²) in [7, 11) is 2.98. The summed E-state index contributed by atoms with van der Waals surface area (Å²) in [5.74, 6) is -1.51. The van der Waals surface area contributed by atoms with Gasteiger partial charge in [-0.05, 0) is 69.3 Å². The summed E-state index contributed by atoms with van der Waals surface area (Å²) in [6, 6.07) is 12.9. The number of methoxy groups -OCH3 is 2. The van der Waals surface area contributed by atoms with E-state index < -0.39 is 35.1 Å². The van der Waals surface area contributed by atoms with E-state index in [1.165, 1.54) is 55.2 Å². The molecule has 0 aliphatic carbocycles. The number of carbonyl (C=O) groups excluding carboxylic acids is 3. The van der Waals surface area contributed by atoms with Gasteiger partial charge in [-0.15, -0.1) is 0 Å². The lowest BCUT2D eigenvalue weighted by molar-refractivity contribution is 0.0549. The minimum Gasteiger partial charge on any atom is -0.497 e. The molecule has 1 aliphatic heterocycles. The lowest BCUT2D eigenvalue weighted by Gasteiger charge is -2.20.